The molecule has 0 radical (unpaired) electrons. The number of rotatable bonds is 7. The van der Waals surface area contributed by atoms with Crippen LogP contribution in [0.2, 0.25) is 0 Å². The Morgan fingerprint density at radius 1 is 1.09 bits per heavy atom. The van der Waals surface area contributed by atoms with Crippen LogP contribution in [0.3, 0.4) is 0 Å². The average Bonchev–Trinajstić information content (AvgIpc) is 2.99. The van der Waals surface area contributed by atoms with Gasteiger partial charge in [-0.05, 0) is 67.9 Å². The highest BCUT2D eigenvalue weighted by Crippen LogP contribution is 2.34. The number of esters is 1. The lowest BCUT2D eigenvalue weighted by Crippen LogP contribution is -2.36. The molecule has 0 atom stereocenters. The van der Waals surface area contributed by atoms with E-state index in [2.05, 4.69) is 5.32 Å². The summed E-state index contributed by atoms with van der Waals surface area (Å²) in [5.74, 6) is -0.896. The van der Waals surface area contributed by atoms with Gasteiger partial charge in [-0.2, -0.15) is 0 Å². The van der Waals surface area contributed by atoms with E-state index in [1.54, 1.807) is 31.2 Å². The fourth-order valence-corrected chi connectivity index (χ4v) is 4.04. The molecule has 33 heavy (non-hydrogen) atoms. The molecular formula is C24H24N2O6S. The fraction of sp³-hybridized carbons (Fsp3) is 0.250. The highest BCUT2D eigenvalue weighted by atomic mass is 32.2. The van der Waals surface area contributed by atoms with Gasteiger partial charge in [-0.3, -0.25) is 24.1 Å². The van der Waals surface area contributed by atoms with Gasteiger partial charge in [0.2, 0.25) is 5.91 Å². The van der Waals surface area contributed by atoms with Crippen LogP contribution in [0.1, 0.15) is 30.5 Å². The molecule has 1 saturated heterocycles. The van der Waals surface area contributed by atoms with E-state index in [9.17, 15) is 19.2 Å². The lowest BCUT2D eigenvalue weighted by Gasteiger charge is -2.14. The van der Waals surface area contributed by atoms with Crippen LogP contribution < -0.4 is 14.8 Å². The van der Waals surface area contributed by atoms with Crippen LogP contribution in [0.25, 0.3) is 6.08 Å². The molecule has 0 unspecified atom stereocenters. The summed E-state index contributed by atoms with van der Waals surface area (Å²) in [7, 11) is 0. The number of hydrogen-bond acceptors (Lipinski definition) is 7. The first-order valence-corrected chi connectivity index (χ1v) is 11.1. The zero-order valence-corrected chi connectivity index (χ0v) is 19.6. The van der Waals surface area contributed by atoms with Crippen molar-refractivity contribution in [3.8, 4) is 11.5 Å². The molecule has 2 aromatic carbocycles. The van der Waals surface area contributed by atoms with E-state index in [0.29, 0.717) is 23.6 Å². The summed E-state index contributed by atoms with van der Waals surface area (Å²) < 4.78 is 10.6. The third-order valence-electron chi connectivity index (χ3n) is 4.65. The Morgan fingerprint density at radius 2 is 1.85 bits per heavy atom. The van der Waals surface area contributed by atoms with Gasteiger partial charge in [0.05, 0.1) is 11.5 Å². The van der Waals surface area contributed by atoms with E-state index in [1.807, 2.05) is 26.0 Å². The second kappa shape index (κ2) is 10.4. The molecule has 2 aromatic rings. The number of carbonyl (C=O) groups is 4. The Labute approximate surface area is 195 Å². The van der Waals surface area contributed by atoms with Crippen molar-refractivity contribution in [1.82, 2.24) is 4.90 Å². The summed E-state index contributed by atoms with van der Waals surface area (Å²) in [6.07, 6.45) is 1.53. The lowest BCUT2D eigenvalue weighted by molar-refractivity contribution is -0.132. The summed E-state index contributed by atoms with van der Waals surface area (Å²) in [6.45, 7) is 6.87. The molecule has 3 rings (SSSR count). The molecular weight excluding hydrogens is 444 g/mol. The first kappa shape index (κ1) is 24.1. The Kier molecular flexibility index (Phi) is 7.55. The summed E-state index contributed by atoms with van der Waals surface area (Å²) >= 11 is 0.756. The highest BCUT2D eigenvalue weighted by molar-refractivity contribution is 8.18. The molecule has 8 nitrogen and oxygen atoms in total. The van der Waals surface area contributed by atoms with E-state index in [-0.39, 0.29) is 17.2 Å². The zero-order chi connectivity index (χ0) is 24.1. The first-order chi connectivity index (χ1) is 15.7. The number of thioether (sulfide) groups is 1. The minimum atomic E-state index is -0.553. The zero-order valence-electron chi connectivity index (χ0n) is 18.8. The van der Waals surface area contributed by atoms with Crippen LogP contribution in [0.15, 0.2) is 41.3 Å². The Hall–Kier alpha value is -3.59. The van der Waals surface area contributed by atoms with Crippen molar-refractivity contribution >= 4 is 46.5 Å². The lowest BCUT2D eigenvalue weighted by atomic mass is 10.1. The number of benzene rings is 2. The molecule has 1 fully saturated rings. The fourth-order valence-electron chi connectivity index (χ4n) is 3.20. The third kappa shape index (κ3) is 6.01. The monoisotopic (exact) mass is 468 g/mol. The van der Waals surface area contributed by atoms with Crippen LogP contribution in [0, 0.1) is 13.8 Å². The number of imide groups is 1. The quantitative estimate of drug-likeness (QED) is 0.367. The van der Waals surface area contributed by atoms with Gasteiger partial charge >= 0.3 is 5.97 Å². The Balaban J connectivity index is 1.74. The number of anilines is 1. The summed E-state index contributed by atoms with van der Waals surface area (Å²) in [5.41, 5.74) is 3.17. The van der Waals surface area contributed by atoms with Crippen LogP contribution in [-0.4, -0.2) is 41.1 Å². The molecule has 172 valence electrons. The van der Waals surface area contributed by atoms with E-state index >= 15 is 0 Å². The number of hydrogen-bond donors (Lipinski definition) is 1. The topological polar surface area (TPSA) is 102 Å². The molecule has 3 amide bonds. The summed E-state index contributed by atoms with van der Waals surface area (Å²) in [5, 5.41) is 2.22. The molecule has 0 aromatic heterocycles. The SMILES string of the molecule is CCOc1cc(/C=C2/SC(=O)N(CC(=O)Nc3ccc(C)cc3C)C2=O)ccc1OC(C)=O. The third-order valence-corrected chi connectivity index (χ3v) is 5.56. The number of carbonyl (C=O) groups excluding carboxylic acids is 4. The number of nitrogens with one attached hydrogen (secondary N) is 1. The maximum atomic E-state index is 12.8. The van der Waals surface area contributed by atoms with Gasteiger partial charge in [-0.25, -0.2) is 0 Å². The van der Waals surface area contributed by atoms with Crippen molar-refractivity contribution in [1.29, 1.82) is 0 Å². The number of aryl methyl sites for hydroxylation is 2. The maximum absolute atomic E-state index is 12.8. The molecule has 1 aliphatic heterocycles. The predicted molar refractivity (Wildman–Crippen MR) is 126 cm³/mol. The summed E-state index contributed by atoms with van der Waals surface area (Å²) in [6, 6.07) is 10.4. The molecule has 1 heterocycles. The standard InChI is InChI=1S/C24H24N2O6S/c1-5-31-20-11-17(7-9-19(20)32-16(4)27)12-21-23(29)26(24(30)33-21)13-22(28)25-18-8-6-14(2)10-15(18)3/h6-12H,5,13H2,1-4H3,(H,25,28)/b21-12+. The molecule has 0 aliphatic carbocycles. The van der Waals surface area contributed by atoms with Gasteiger partial charge in [0.25, 0.3) is 11.1 Å². The Bertz CT molecular complexity index is 1160. The molecule has 9 heteroatoms. The van der Waals surface area contributed by atoms with Crippen molar-refractivity contribution < 1.29 is 28.7 Å². The first-order valence-electron chi connectivity index (χ1n) is 10.3. The molecule has 0 spiro atoms. The largest absolute Gasteiger partial charge is 0.490 e. The van der Waals surface area contributed by atoms with Gasteiger partial charge in [-0.1, -0.05) is 23.8 Å². The number of amides is 3. The highest BCUT2D eigenvalue weighted by Gasteiger charge is 2.36. The van der Waals surface area contributed by atoms with E-state index in [1.165, 1.54) is 13.0 Å². The van der Waals surface area contributed by atoms with Gasteiger partial charge in [0, 0.05) is 12.6 Å². The number of ether oxygens (including phenoxy) is 2. The minimum Gasteiger partial charge on any atom is -0.490 e. The van der Waals surface area contributed by atoms with Crippen molar-refractivity contribution in [3.05, 3.63) is 58.0 Å². The van der Waals surface area contributed by atoms with Gasteiger partial charge in [-0.15, -0.1) is 0 Å². The van der Waals surface area contributed by atoms with Crippen LogP contribution in [0.5, 0.6) is 11.5 Å². The van der Waals surface area contributed by atoms with Crippen LogP contribution in [0.4, 0.5) is 10.5 Å². The van der Waals surface area contributed by atoms with Gasteiger partial charge in [0.15, 0.2) is 11.5 Å². The normalized spacial score (nSPS) is 14.5. The van der Waals surface area contributed by atoms with E-state index < -0.39 is 23.0 Å². The van der Waals surface area contributed by atoms with Crippen molar-refractivity contribution in [3.63, 3.8) is 0 Å². The Morgan fingerprint density at radius 3 is 2.52 bits per heavy atom. The second-order valence-electron chi connectivity index (χ2n) is 7.37. The minimum absolute atomic E-state index is 0.182. The number of nitrogens with zero attached hydrogens (tertiary/aromatic N) is 1. The second-order valence-corrected chi connectivity index (χ2v) is 8.36. The smallest absolute Gasteiger partial charge is 0.308 e. The van der Waals surface area contributed by atoms with Gasteiger partial charge < -0.3 is 14.8 Å². The van der Waals surface area contributed by atoms with Gasteiger partial charge in [0.1, 0.15) is 6.54 Å². The van der Waals surface area contributed by atoms with Crippen molar-refractivity contribution in [2.24, 2.45) is 0 Å². The van der Waals surface area contributed by atoms with Crippen LogP contribution >= 0.6 is 11.8 Å². The predicted octanol–water partition coefficient (Wildman–Crippen LogP) is 4.30. The van der Waals surface area contributed by atoms with E-state index in [0.717, 1.165) is 27.8 Å². The van der Waals surface area contributed by atoms with Crippen LogP contribution in [-0.2, 0) is 14.4 Å². The molecule has 1 aliphatic rings. The summed E-state index contributed by atoms with van der Waals surface area (Å²) in [4.78, 5) is 50.0. The average molecular weight is 469 g/mol. The van der Waals surface area contributed by atoms with E-state index in [4.69, 9.17) is 9.47 Å². The molecule has 1 N–H and O–H groups in total. The van der Waals surface area contributed by atoms with Crippen molar-refractivity contribution in [2.75, 3.05) is 18.5 Å². The molecule has 0 bridgehead atoms. The maximum Gasteiger partial charge on any atom is 0.308 e. The van der Waals surface area contributed by atoms with Crippen molar-refractivity contribution in [2.45, 2.75) is 27.7 Å². The molecule has 0 saturated carbocycles.